The number of rotatable bonds is 5. The summed E-state index contributed by atoms with van der Waals surface area (Å²) < 4.78 is 27.3. The van der Waals surface area contributed by atoms with Crippen molar-refractivity contribution >= 4 is 33.2 Å². The second-order valence-electron chi connectivity index (χ2n) is 7.35. The van der Waals surface area contributed by atoms with Gasteiger partial charge >= 0.3 is 0 Å². The van der Waals surface area contributed by atoms with E-state index in [0.717, 1.165) is 19.3 Å². The molecule has 0 radical (unpaired) electrons. The fourth-order valence-corrected chi connectivity index (χ4v) is 5.23. The van der Waals surface area contributed by atoms with Crippen LogP contribution < -0.4 is 5.32 Å². The molecule has 2 aromatic carbocycles. The summed E-state index contributed by atoms with van der Waals surface area (Å²) in [5, 5.41) is 11.8. The van der Waals surface area contributed by atoms with Crippen molar-refractivity contribution in [3.05, 3.63) is 64.9 Å². The van der Waals surface area contributed by atoms with E-state index in [0.29, 0.717) is 35.2 Å². The molecule has 1 aliphatic heterocycles. The van der Waals surface area contributed by atoms with Gasteiger partial charge in [-0.1, -0.05) is 30.2 Å². The molecular formula is C21H22ClN5O3S. The van der Waals surface area contributed by atoms with Gasteiger partial charge in [0.1, 0.15) is 0 Å². The molecule has 1 N–H and O–H groups in total. The molecule has 0 bridgehead atoms. The van der Waals surface area contributed by atoms with E-state index in [1.165, 1.54) is 15.2 Å². The van der Waals surface area contributed by atoms with E-state index in [1.807, 2.05) is 0 Å². The van der Waals surface area contributed by atoms with Gasteiger partial charge < -0.3 is 5.32 Å². The highest BCUT2D eigenvalue weighted by Crippen LogP contribution is 2.23. The van der Waals surface area contributed by atoms with Crippen LogP contribution in [0.5, 0.6) is 0 Å². The Hall–Kier alpha value is -2.75. The Bertz CT molecular complexity index is 1220. The van der Waals surface area contributed by atoms with Crippen molar-refractivity contribution in [1.29, 1.82) is 0 Å². The molecule has 1 saturated heterocycles. The molecule has 162 valence electrons. The summed E-state index contributed by atoms with van der Waals surface area (Å²) in [7, 11) is -3.59. The van der Waals surface area contributed by atoms with Gasteiger partial charge in [0, 0.05) is 23.8 Å². The number of anilines is 1. The zero-order valence-corrected chi connectivity index (χ0v) is 18.5. The number of aromatic nitrogens is 3. The van der Waals surface area contributed by atoms with Crippen LogP contribution in [0.1, 0.15) is 35.4 Å². The van der Waals surface area contributed by atoms with Gasteiger partial charge in [-0.05, 0) is 56.2 Å². The number of halogens is 1. The highest BCUT2D eigenvalue weighted by atomic mass is 35.5. The summed E-state index contributed by atoms with van der Waals surface area (Å²) in [5.74, 6) is -0.474. The molecule has 4 rings (SSSR count). The van der Waals surface area contributed by atoms with E-state index in [9.17, 15) is 13.2 Å². The average Bonchev–Trinajstić information content (AvgIpc) is 3.16. The first-order valence-corrected chi connectivity index (χ1v) is 11.8. The Balaban J connectivity index is 1.55. The predicted molar refractivity (Wildman–Crippen MR) is 118 cm³/mol. The quantitative estimate of drug-likeness (QED) is 0.628. The van der Waals surface area contributed by atoms with Gasteiger partial charge in [-0.25, -0.2) is 8.42 Å². The van der Waals surface area contributed by atoms with Gasteiger partial charge in [-0.15, -0.1) is 5.10 Å². The molecule has 0 spiro atoms. The van der Waals surface area contributed by atoms with Gasteiger partial charge in [0.05, 0.1) is 16.3 Å². The molecule has 0 atom stereocenters. The fourth-order valence-electron chi connectivity index (χ4n) is 3.48. The summed E-state index contributed by atoms with van der Waals surface area (Å²) >= 11 is 6.02. The van der Waals surface area contributed by atoms with E-state index < -0.39 is 15.9 Å². The molecule has 1 fully saturated rings. The minimum atomic E-state index is -3.59. The summed E-state index contributed by atoms with van der Waals surface area (Å²) in [6.07, 6.45) is 2.76. The molecule has 0 aliphatic carbocycles. The third-order valence-corrected chi connectivity index (χ3v) is 7.21. The molecule has 0 saturated carbocycles. The van der Waals surface area contributed by atoms with Crippen LogP contribution in [0.3, 0.4) is 0 Å². The number of carbonyl (C=O) groups is 1. The average molecular weight is 460 g/mol. The van der Waals surface area contributed by atoms with Crippen molar-refractivity contribution in [1.82, 2.24) is 19.3 Å². The Morgan fingerprint density at radius 1 is 1.03 bits per heavy atom. The number of carbonyl (C=O) groups excluding carboxylic acids is 1. The monoisotopic (exact) mass is 459 g/mol. The zero-order valence-electron chi connectivity index (χ0n) is 17.0. The van der Waals surface area contributed by atoms with Crippen LogP contribution in [0.25, 0.3) is 5.69 Å². The van der Waals surface area contributed by atoms with Crippen molar-refractivity contribution < 1.29 is 13.2 Å². The molecule has 2 heterocycles. The number of nitrogens with one attached hydrogen (secondary N) is 1. The summed E-state index contributed by atoms with van der Waals surface area (Å²) in [6.45, 7) is 2.72. The first kappa shape index (κ1) is 21.5. The molecule has 1 aromatic heterocycles. The van der Waals surface area contributed by atoms with E-state index in [1.54, 1.807) is 49.4 Å². The molecule has 8 nitrogen and oxygen atoms in total. The van der Waals surface area contributed by atoms with Gasteiger partial charge in [0.2, 0.25) is 10.0 Å². The smallest absolute Gasteiger partial charge is 0.278 e. The van der Waals surface area contributed by atoms with Crippen molar-refractivity contribution in [3.8, 4) is 5.69 Å². The Morgan fingerprint density at radius 2 is 1.77 bits per heavy atom. The lowest BCUT2D eigenvalue weighted by atomic mass is 10.2. The van der Waals surface area contributed by atoms with Crippen LogP contribution in [0, 0.1) is 6.92 Å². The van der Waals surface area contributed by atoms with E-state index >= 15 is 0 Å². The fraction of sp³-hybridized carbons (Fsp3) is 0.286. The molecule has 10 heteroatoms. The molecule has 0 unspecified atom stereocenters. The summed E-state index contributed by atoms with van der Waals surface area (Å²) in [5.41, 5.74) is 1.59. The Labute approximate surface area is 185 Å². The number of hydrogen-bond acceptors (Lipinski definition) is 5. The van der Waals surface area contributed by atoms with Crippen molar-refractivity contribution in [2.45, 2.75) is 31.1 Å². The molecule has 3 aromatic rings. The lowest BCUT2D eigenvalue weighted by Crippen LogP contribution is -2.35. The molecule has 1 amide bonds. The van der Waals surface area contributed by atoms with Gasteiger partial charge in [0.15, 0.2) is 5.69 Å². The number of piperidine rings is 1. The number of amides is 1. The first-order valence-electron chi connectivity index (χ1n) is 9.96. The normalized spacial score (nSPS) is 15.0. The van der Waals surface area contributed by atoms with Crippen LogP contribution in [-0.2, 0) is 10.0 Å². The van der Waals surface area contributed by atoms with Gasteiger partial charge in [-0.3, -0.25) is 4.79 Å². The minimum absolute atomic E-state index is 0.143. The molecular weight excluding hydrogens is 438 g/mol. The van der Waals surface area contributed by atoms with Crippen molar-refractivity contribution in [2.24, 2.45) is 0 Å². The highest BCUT2D eigenvalue weighted by Gasteiger charge is 2.26. The predicted octanol–water partition coefficient (Wildman–Crippen LogP) is 3.66. The van der Waals surface area contributed by atoms with E-state index in [2.05, 4.69) is 15.5 Å². The lowest BCUT2D eigenvalue weighted by Gasteiger charge is -2.26. The maximum atomic E-state index is 12.9. The zero-order chi connectivity index (χ0) is 22.0. The van der Waals surface area contributed by atoms with Gasteiger partial charge in [-0.2, -0.15) is 14.2 Å². The number of benzene rings is 2. The topological polar surface area (TPSA) is 97.2 Å². The minimum Gasteiger partial charge on any atom is -0.320 e. The second-order valence-corrected chi connectivity index (χ2v) is 9.72. The lowest BCUT2D eigenvalue weighted by molar-refractivity contribution is 0.102. The van der Waals surface area contributed by atoms with E-state index in [-0.39, 0.29) is 10.6 Å². The third kappa shape index (κ3) is 4.63. The van der Waals surface area contributed by atoms with Crippen LogP contribution in [0.15, 0.2) is 53.4 Å². The highest BCUT2D eigenvalue weighted by molar-refractivity contribution is 7.89. The largest absolute Gasteiger partial charge is 0.320 e. The second kappa shape index (κ2) is 8.78. The summed E-state index contributed by atoms with van der Waals surface area (Å²) in [6, 6.07) is 13.2. The standard InChI is InChI=1S/C21H22ClN5O3S/c1-15-20(25-27(24-15)18-9-5-7-16(22)13-18)21(28)23-17-8-6-10-19(14-17)31(29,30)26-11-3-2-4-12-26/h5-10,13-14H,2-4,11-12H2,1H3,(H,23,28). The number of hydrogen-bond donors (Lipinski definition) is 1. The summed E-state index contributed by atoms with van der Waals surface area (Å²) in [4.78, 5) is 14.3. The first-order chi connectivity index (χ1) is 14.8. The Morgan fingerprint density at radius 3 is 2.52 bits per heavy atom. The SMILES string of the molecule is Cc1nn(-c2cccc(Cl)c2)nc1C(=O)Nc1cccc(S(=O)(=O)N2CCCCC2)c1. The van der Waals surface area contributed by atoms with Crippen molar-refractivity contribution in [3.63, 3.8) is 0 Å². The van der Waals surface area contributed by atoms with E-state index in [4.69, 9.17) is 11.6 Å². The molecule has 31 heavy (non-hydrogen) atoms. The van der Waals surface area contributed by atoms with Crippen LogP contribution in [-0.4, -0.2) is 46.7 Å². The maximum Gasteiger partial charge on any atom is 0.278 e. The number of sulfonamides is 1. The van der Waals surface area contributed by atoms with Crippen LogP contribution in [0.4, 0.5) is 5.69 Å². The van der Waals surface area contributed by atoms with Crippen molar-refractivity contribution in [2.75, 3.05) is 18.4 Å². The number of nitrogens with zero attached hydrogens (tertiary/aromatic N) is 4. The van der Waals surface area contributed by atoms with Crippen LogP contribution >= 0.6 is 11.6 Å². The van der Waals surface area contributed by atoms with Crippen LogP contribution in [0.2, 0.25) is 5.02 Å². The third-order valence-electron chi connectivity index (χ3n) is 5.08. The Kier molecular flexibility index (Phi) is 6.08. The van der Waals surface area contributed by atoms with Gasteiger partial charge in [0.25, 0.3) is 5.91 Å². The molecule has 1 aliphatic rings. The maximum absolute atomic E-state index is 12.9. The number of aryl methyl sites for hydroxylation is 1.